The summed E-state index contributed by atoms with van der Waals surface area (Å²) in [5.74, 6) is 0.244. The lowest BCUT2D eigenvalue weighted by Crippen LogP contribution is -2.18. The van der Waals surface area contributed by atoms with Crippen LogP contribution in [-0.2, 0) is 4.79 Å². The molecule has 0 fully saturated rings. The average Bonchev–Trinajstić information content (AvgIpc) is 3.31. The molecule has 2 aromatic carbocycles. The van der Waals surface area contributed by atoms with E-state index in [1.807, 2.05) is 47.1 Å². The Labute approximate surface area is 234 Å². The smallest absolute Gasteiger partial charge is 0.132 e. The topological polar surface area (TPSA) is 100 Å². The van der Waals surface area contributed by atoms with Crippen molar-refractivity contribution in [2.75, 3.05) is 5.32 Å². The molecule has 208 valence electrons. The van der Waals surface area contributed by atoms with Crippen molar-refractivity contribution in [3.8, 4) is 16.9 Å². The zero-order valence-electron chi connectivity index (χ0n) is 23.0. The van der Waals surface area contributed by atoms with Crippen LogP contribution in [0.2, 0.25) is 0 Å². The molecule has 2 heterocycles. The number of anilines is 2. The van der Waals surface area contributed by atoms with Crippen molar-refractivity contribution >= 4 is 23.4 Å². The Hall–Kier alpha value is -4.14. The lowest BCUT2D eigenvalue weighted by atomic mass is 9.96. The molecule has 0 bridgehead atoms. The number of rotatable bonds is 12. The molecule has 0 radical (unpaired) electrons. The summed E-state index contributed by atoms with van der Waals surface area (Å²) in [5.41, 5.74) is 4.76. The number of aliphatic hydroxyl groups is 2. The number of para-hydroxylation sites is 1. The molecular formula is C32H35FN4O3. The van der Waals surface area contributed by atoms with Gasteiger partial charge in [-0.15, -0.1) is 0 Å². The quantitative estimate of drug-likeness (QED) is 0.191. The minimum Gasteiger partial charge on any atom is -0.393 e. The van der Waals surface area contributed by atoms with E-state index >= 15 is 0 Å². The first-order chi connectivity index (χ1) is 19.2. The van der Waals surface area contributed by atoms with E-state index in [2.05, 4.69) is 24.1 Å². The Morgan fingerprint density at radius 1 is 1.10 bits per heavy atom. The molecule has 3 N–H and O–H groups in total. The Bertz CT molecular complexity index is 1450. The van der Waals surface area contributed by atoms with Crippen LogP contribution in [0.4, 0.5) is 15.9 Å². The number of aromatic nitrogens is 3. The van der Waals surface area contributed by atoms with Crippen LogP contribution in [0.1, 0.15) is 57.2 Å². The first kappa shape index (κ1) is 28.9. The summed E-state index contributed by atoms with van der Waals surface area (Å²) >= 11 is 0. The second-order valence-electron chi connectivity index (χ2n) is 9.99. The van der Waals surface area contributed by atoms with E-state index in [1.165, 1.54) is 19.1 Å². The van der Waals surface area contributed by atoms with Crippen LogP contribution in [0.5, 0.6) is 0 Å². The standard InChI is InChI=1S/C32H35FN4O3/c1-4-21(2)31-29(15-14-27(39)20-28(40)18-22(3)38)32(23-10-12-24(33)13-11-23)37(36-31)26-16-17-34-30(19-26)35-25-8-6-5-7-9-25/h5-17,19,21,27-28,39-40H,4,18,20H2,1-3H3,(H,34,35)/b15-14+/t21?,27-,28+/m1/s1. The summed E-state index contributed by atoms with van der Waals surface area (Å²) in [4.78, 5) is 15.8. The molecule has 0 spiro atoms. The van der Waals surface area contributed by atoms with Gasteiger partial charge in [-0.1, -0.05) is 44.2 Å². The van der Waals surface area contributed by atoms with E-state index in [1.54, 1.807) is 30.5 Å². The number of halogens is 1. The predicted octanol–water partition coefficient (Wildman–Crippen LogP) is 6.43. The van der Waals surface area contributed by atoms with Crippen molar-refractivity contribution in [3.05, 3.63) is 96.1 Å². The molecular weight excluding hydrogens is 507 g/mol. The Morgan fingerprint density at radius 3 is 2.50 bits per heavy atom. The number of carbonyl (C=O) groups excluding carboxylic acids is 1. The summed E-state index contributed by atoms with van der Waals surface area (Å²) in [5, 5.41) is 29.1. The zero-order valence-corrected chi connectivity index (χ0v) is 23.0. The first-order valence-electron chi connectivity index (χ1n) is 13.5. The molecule has 4 rings (SSSR count). The molecule has 0 aliphatic carbocycles. The van der Waals surface area contributed by atoms with Gasteiger partial charge < -0.3 is 15.5 Å². The normalized spacial score (nSPS) is 13.8. The Kier molecular flexibility index (Phi) is 9.58. The van der Waals surface area contributed by atoms with Gasteiger partial charge in [-0.05, 0) is 55.8 Å². The molecule has 3 atom stereocenters. The fourth-order valence-electron chi connectivity index (χ4n) is 4.51. The molecule has 0 amide bonds. The summed E-state index contributed by atoms with van der Waals surface area (Å²) in [7, 11) is 0. The van der Waals surface area contributed by atoms with E-state index in [9.17, 15) is 19.4 Å². The highest BCUT2D eigenvalue weighted by Gasteiger charge is 2.23. The van der Waals surface area contributed by atoms with E-state index in [-0.39, 0.29) is 30.4 Å². The molecule has 0 saturated heterocycles. The number of pyridine rings is 1. The highest BCUT2D eigenvalue weighted by Crippen LogP contribution is 2.35. The third kappa shape index (κ3) is 7.28. The number of hydrogen-bond donors (Lipinski definition) is 3. The minimum atomic E-state index is -0.967. The van der Waals surface area contributed by atoms with Crippen LogP contribution in [0, 0.1) is 5.82 Å². The highest BCUT2D eigenvalue weighted by molar-refractivity contribution is 5.77. The van der Waals surface area contributed by atoms with E-state index in [0.29, 0.717) is 5.82 Å². The second-order valence-corrected chi connectivity index (χ2v) is 9.99. The van der Waals surface area contributed by atoms with Crippen LogP contribution in [-0.4, -0.2) is 43.0 Å². The minimum absolute atomic E-state index is 0.0107. The van der Waals surface area contributed by atoms with Crippen molar-refractivity contribution < 1.29 is 19.4 Å². The van der Waals surface area contributed by atoms with E-state index < -0.39 is 12.2 Å². The second kappa shape index (κ2) is 13.3. The van der Waals surface area contributed by atoms with Crippen molar-refractivity contribution in [1.29, 1.82) is 0 Å². The first-order valence-corrected chi connectivity index (χ1v) is 13.5. The number of nitrogens with one attached hydrogen (secondary N) is 1. The van der Waals surface area contributed by atoms with Gasteiger partial charge in [0, 0.05) is 47.8 Å². The van der Waals surface area contributed by atoms with E-state index in [4.69, 9.17) is 5.10 Å². The maximum absolute atomic E-state index is 13.9. The third-order valence-corrected chi connectivity index (χ3v) is 6.70. The SMILES string of the molecule is CCC(C)c1nn(-c2ccnc(Nc3ccccc3)c2)c(-c2ccc(F)cc2)c1/C=C/[C@@H](O)C[C@@H](O)CC(C)=O. The molecule has 8 heteroatoms. The molecule has 4 aromatic rings. The van der Waals surface area contributed by atoms with Gasteiger partial charge in [0.15, 0.2) is 0 Å². The summed E-state index contributed by atoms with van der Waals surface area (Å²) in [6, 6.07) is 19.7. The van der Waals surface area contributed by atoms with E-state index in [0.717, 1.165) is 40.3 Å². The lowest BCUT2D eigenvalue weighted by molar-refractivity contribution is -0.119. The maximum Gasteiger partial charge on any atom is 0.132 e. The number of aliphatic hydroxyl groups excluding tert-OH is 2. The van der Waals surface area contributed by atoms with Crippen molar-refractivity contribution in [3.63, 3.8) is 0 Å². The van der Waals surface area contributed by atoms with Crippen LogP contribution >= 0.6 is 0 Å². The molecule has 7 nitrogen and oxygen atoms in total. The third-order valence-electron chi connectivity index (χ3n) is 6.70. The number of ketones is 1. The Morgan fingerprint density at radius 2 is 1.82 bits per heavy atom. The van der Waals surface area contributed by atoms with Crippen molar-refractivity contribution in [2.24, 2.45) is 0 Å². The van der Waals surface area contributed by atoms with Crippen LogP contribution in [0.15, 0.2) is 79.0 Å². The zero-order chi connectivity index (χ0) is 28.6. The molecule has 1 unspecified atom stereocenters. The van der Waals surface area contributed by atoms with Crippen molar-refractivity contribution in [2.45, 2.75) is 58.2 Å². The average molecular weight is 543 g/mol. The van der Waals surface area contributed by atoms with Crippen LogP contribution < -0.4 is 5.32 Å². The molecule has 0 aliphatic rings. The van der Waals surface area contributed by atoms with Gasteiger partial charge in [-0.2, -0.15) is 5.10 Å². The number of benzene rings is 2. The van der Waals surface area contributed by atoms with Gasteiger partial charge in [0.05, 0.1) is 29.3 Å². The molecule has 0 aliphatic heterocycles. The number of nitrogens with zero attached hydrogens (tertiary/aromatic N) is 3. The molecule has 40 heavy (non-hydrogen) atoms. The fraction of sp³-hybridized carbons (Fsp3) is 0.281. The van der Waals surface area contributed by atoms with Gasteiger partial charge in [-0.3, -0.25) is 4.79 Å². The fourth-order valence-corrected chi connectivity index (χ4v) is 4.51. The summed E-state index contributed by atoms with van der Waals surface area (Å²) in [6.07, 6.45) is 4.07. The Balaban J connectivity index is 1.81. The predicted molar refractivity (Wildman–Crippen MR) is 156 cm³/mol. The van der Waals surface area contributed by atoms with Gasteiger partial charge >= 0.3 is 0 Å². The maximum atomic E-state index is 13.9. The molecule has 2 aromatic heterocycles. The monoisotopic (exact) mass is 542 g/mol. The summed E-state index contributed by atoms with van der Waals surface area (Å²) in [6.45, 7) is 5.57. The van der Waals surface area contributed by atoms with Gasteiger partial charge in [-0.25, -0.2) is 14.1 Å². The van der Waals surface area contributed by atoms with Gasteiger partial charge in [0.25, 0.3) is 0 Å². The number of Topliss-reactive ketones (excluding diaryl/α,β-unsaturated/α-hetero) is 1. The number of hydrogen-bond acceptors (Lipinski definition) is 6. The molecule has 0 saturated carbocycles. The lowest BCUT2D eigenvalue weighted by Gasteiger charge is -2.13. The highest BCUT2D eigenvalue weighted by atomic mass is 19.1. The van der Waals surface area contributed by atoms with Gasteiger partial charge in [0.2, 0.25) is 0 Å². The summed E-state index contributed by atoms with van der Waals surface area (Å²) < 4.78 is 15.7. The van der Waals surface area contributed by atoms with Crippen molar-refractivity contribution in [1.82, 2.24) is 14.8 Å². The van der Waals surface area contributed by atoms with Gasteiger partial charge in [0.1, 0.15) is 17.4 Å². The number of carbonyl (C=O) groups is 1. The largest absolute Gasteiger partial charge is 0.393 e. The van der Waals surface area contributed by atoms with Crippen LogP contribution in [0.3, 0.4) is 0 Å². The van der Waals surface area contributed by atoms with Crippen LogP contribution in [0.25, 0.3) is 23.0 Å².